The number of carbonyl (C=O) groups excluding carboxylic acids is 1. The van der Waals surface area contributed by atoms with Gasteiger partial charge in [-0.1, -0.05) is 0 Å². The first-order valence-electron chi connectivity index (χ1n) is 6.46. The number of nitrogens with one attached hydrogen (secondary N) is 1. The second kappa shape index (κ2) is 5.25. The first-order chi connectivity index (χ1) is 9.34. The van der Waals surface area contributed by atoms with E-state index in [-0.39, 0.29) is 24.1 Å². The highest BCUT2D eigenvalue weighted by atomic mass is 19.1. The zero-order valence-electron chi connectivity index (χ0n) is 11.8. The first-order valence-corrected chi connectivity index (χ1v) is 6.46. The number of aliphatic hydroxyl groups excluding tert-OH is 1. The van der Waals surface area contributed by atoms with E-state index in [2.05, 4.69) is 5.32 Å². The maximum Gasteiger partial charge on any atom is 0.287 e. The molecule has 0 aliphatic carbocycles. The maximum atomic E-state index is 13.2. The van der Waals surface area contributed by atoms with Crippen molar-refractivity contribution in [1.29, 1.82) is 0 Å². The van der Waals surface area contributed by atoms with Crippen LogP contribution >= 0.6 is 0 Å². The third-order valence-corrected chi connectivity index (χ3v) is 3.29. The van der Waals surface area contributed by atoms with E-state index in [0.717, 1.165) is 0 Å². The van der Waals surface area contributed by atoms with Gasteiger partial charge in [0, 0.05) is 23.1 Å². The van der Waals surface area contributed by atoms with E-state index in [4.69, 9.17) is 9.52 Å². The number of halogens is 1. The molecular formula is C15H18FNO3. The molecule has 1 amide bonds. The number of hydrogen-bond acceptors (Lipinski definition) is 3. The van der Waals surface area contributed by atoms with Crippen LogP contribution in [0.5, 0.6) is 0 Å². The van der Waals surface area contributed by atoms with Crippen molar-refractivity contribution in [2.45, 2.75) is 32.7 Å². The Morgan fingerprint density at radius 3 is 2.80 bits per heavy atom. The van der Waals surface area contributed by atoms with Crippen molar-refractivity contribution in [3.63, 3.8) is 0 Å². The van der Waals surface area contributed by atoms with E-state index in [1.807, 2.05) is 13.8 Å². The molecule has 0 spiro atoms. The molecule has 0 unspecified atom stereocenters. The normalized spacial score (nSPS) is 11.8. The van der Waals surface area contributed by atoms with Crippen molar-refractivity contribution in [2.24, 2.45) is 0 Å². The van der Waals surface area contributed by atoms with Crippen LogP contribution in [-0.2, 0) is 0 Å². The number of aliphatic hydroxyl groups is 1. The van der Waals surface area contributed by atoms with Crippen molar-refractivity contribution < 1.29 is 18.7 Å². The molecular weight excluding hydrogens is 261 g/mol. The summed E-state index contributed by atoms with van der Waals surface area (Å²) in [6, 6.07) is 4.15. The van der Waals surface area contributed by atoms with Crippen molar-refractivity contribution in [1.82, 2.24) is 5.32 Å². The summed E-state index contributed by atoms with van der Waals surface area (Å²) < 4.78 is 18.7. The lowest BCUT2D eigenvalue weighted by molar-refractivity contribution is 0.0872. The van der Waals surface area contributed by atoms with Gasteiger partial charge in [-0.3, -0.25) is 4.79 Å². The molecule has 2 N–H and O–H groups in total. The fourth-order valence-corrected chi connectivity index (χ4v) is 2.12. The molecule has 0 atom stereocenters. The molecule has 1 aromatic carbocycles. The van der Waals surface area contributed by atoms with E-state index in [1.54, 1.807) is 6.92 Å². The number of fused-ring (bicyclic) bond motifs is 1. The number of furan rings is 1. The van der Waals surface area contributed by atoms with Gasteiger partial charge in [0.25, 0.3) is 5.91 Å². The van der Waals surface area contributed by atoms with Gasteiger partial charge in [-0.15, -0.1) is 0 Å². The van der Waals surface area contributed by atoms with E-state index in [1.165, 1.54) is 18.2 Å². The number of rotatable bonds is 4. The summed E-state index contributed by atoms with van der Waals surface area (Å²) in [6.07, 6.45) is 0.437. The summed E-state index contributed by atoms with van der Waals surface area (Å²) in [5.74, 6) is -0.553. The van der Waals surface area contributed by atoms with E-state index < -0.39 is 5.54 Å². The fourth-order valence-electron chi connectivity index (χ4n) is 2.12. The molecule has 5 heteroatoms. The van der Waals surface area contributed by atoms with Crippen LogP contribution in [0.15, 0.2) is 22.6 Å². The Kier molecular flexibility index (Phi) is 3.81. The lowest BCUT2D eigenvalue weighted by Gasteiger charge is -2.24. The molecule has 20 heavy (non-hydrogen) atoms. The summed E-state index contributed by atoms with van der Waals surface area (Å²) in [5, 5.41) is 12.4. The molecule has 0 aliphatic rings. The Hall–Kier alpha value is -1.88. The zero-order valence-corrected chi connectivity index (χ0v) is 11.8. The Morgan fingerprint density at radius 1 is 1.45 bits per heavy atom. The van der Waals surface area contributed by atoms with Crippen LogP contribution in [0.4, 0.5) is 4.39 Å². The number of carbonyl (C=O) groups is 1. The summed E-state index contributed by atoms with van der Waals surface area (Å²) in [7, 11) is 0. The van der Waals surface area contributed by atoms with Gasteiger partial charge in [0.05, 0.1) is 0 Å². The van der Waals surface area contributed by atoms with Crippen LogP contribution < -0.4 is 5.32 Å². The first kappa shape index (κ1) is 14.5. The van der Waals surface area contributed by atoms with Crippen molar-refractivity contribution in [3.05, 3.63) is 35.3 Å². The van der Waals surface area contributed by atoms with Gasteiger partial charge in [-0.05, 0) is 45.4 Å². The van der Waals surface area contributed by atoms with Gasteiger partial charge >= 0.3 is 0 Å². The maximum absolute atomic E-state index is 13.2. The molecule has 108 valence electrons. The minimum Gasteiger partial charge on any atom is -0.451 e. The van der Waals surface area contributed by atoms with Crippen molar-refractivity contribution in [2.75, 3.05) is 6.61 Å². The Morgan fingerprint density at radius 2 is 2.15 bits per heavy atom. The highest BCUT2D eigenvalue weighted by molar-refractivity contribution is 5.99. The summed E-state index contributed by atoms with van der Waals surface area (Å²) in [5.41, 5.74) is 0.550. The highest BCUT2D eigenvalue weighted by Crippen LogP contribution is 2.26. The molecule has 0 saturated carbocycles. The van der Waals surface area contributed by atoms with E-state index in [0.29, 0.717) is 23.0 Å². The van der Waals surface area contributed by atoms with Crippen molar-refractivity contribution in [3.8, 4) is 0 Å². The van der Waals surface area contributed by atoms with Crippen LogP contribution in [-0.4, -0.2) is 23.2 Å². The summed E-state index contributed by atoms with van der Waals surface area (Å²) >= 11 is 0. The van der Waals surface area contributed by atoms with Crippen LogP contribution in [0, 0.1) is 12.7 Å². The number of aryl methyl sites for hydroxylation is 1. The van der Waals surface area contributed by atoms with Gasteiger partial charge in [-0.25, -0.2) is 4.39 Å². The molecule has 1 aromatic heterocycles. The molecule has 2 aromatic rings. The quantitative estimate of drug-likeness (QED) is 0.904. The number of hydrogen-bond donors (Lipinski definition) is 2. The van der Waals surface area contributed by atoms with Gasteiger partial charge in [0.2, 0.25) is 0 Å². The SMILES string of the molecule is Cc1c(C(=O)NC(C)(C)CCO)oc2ccc(F)cc12. The molecule has 0 fully saturated rings. The lowest BCUT2D eigenvalue weighted by atomic mass is 10.0. The third-order valence-electron chi connectivity index (χ3n) is 3.29. The predicted octanol–water partition coefficient (Wildman–Crippen LogP) is 2.77. The standard InChI is InChI=1S/C15H18FNO3/c1-9-11-8-10(16)4-5-12(11)20-13(9)14(19)17-15(2,3)6-7-18/h4-5,8,18H,6-7H2,1-3H3,(H,17,19). The summed E-state index contributed by atoms with van der Waals surface area (Å²) in [4.78, 5) is 12.2. The Labute approximate surface area is 116 Å². The molecule has 0 radical (unpaired) electrons. The monoisotopic (exact) mass is 279 g/mol. The lowest BCUT2D eigenvalue weighted by Crippen LogP contribution is -2.44. The average Bonchev–Trinajstić information content (AvgIpc) is 2.66. The largest absolute Gasteiger partial charge is 0.451 e. The number of amides is 1. The van der Waals surface area contributed by atoms with Gasteiger partial charge in [0.1, 0.15) is 11.4 Å². The van der Waals surface area contributed by atoms with Gasteiger partial charge < -0.3 is 14.8 Å². The minimum absolute atomic E-state index is 0.0163. The topological polar surface area (TPSA) is 62.5 Å². The predicted molar refractivity (Wildman–Crippen MR) is 74.2 cm³/mol. The Bertz CT molecular complexity index is 646. The fraction of sp³-hybridized carbons (Fsp3) is 0.400. The molecule has 0 bridgehead atoms. The number of benzene rings is 1. The smallest absolute Gasteiger partial charge is 0.287 e. The van der Waals surface area contributed by atoms with Crippen LogP contribution in [0.3, 0.4) is 0 Å². The average molecular weight is 279 g/mol. The van der Waals surface area contributed by atoms with Crippen LogP contribution in [0.2, 0.25) is 0 Å². The second-order valence-corrected chi connectivity index (χ2v) is 5.51. The molecule has 1 heterocycles. The van der Waals surface area contributed by atoms with E-state index >= 15 is 0 Å². The van der Waals surface area contributed by atoms with Crippen molar-refractivity contribution >= 4 is 16.9 Å². The van der Waals surface area contributed by atoms with Crippen LogP contribution in [0.1, 0.15) is 36.4 Å². The zero-order chi connectivity index (χ0) is 14.9. The highest BCUT2D eigenvalue weighted by Gasteiger charge is 2.24. The third kappa shape index (κ3) is 2.82. The molecule has 0 aliphatic heterocycles. The molecule has 2 rings (SSSR count). The minimum atomic E-state index is -0.539. The molecule has 4 nitrogen and oxygen atoms in total. The van der Waals surface area contributed by atoms with Crippen LogP contribution in [0.25, 0.3) is 11.0 Å². The second-order valence-electron chi connectivity index (χ2n) is 5.51. The summed E-state index contributed by atoms with van der Waals surface area (Å²) in [6.45, 7) is 5.34. The van der Waals surface area contributed by atoms with Gasteiger partial charge in [-0.2, -0.15) is 0 Å². The Balaban J connectivity index is 2.33. The van der Waals surface area contributed by atoms with E-state index in [9.17, 15) is 9.18 Å². The van der Waals surface area contributed by atoms with Gasteiger partial charge in [0.15, 0.2) is 5.76 Å². The molecule has 0 saturated heterocycles.